The van der Waals surface area contributed by atoms with Gasteiger partial charge in [-0.15, -0.1) is 11.3 Å². The molecule has 0 aliphatic carbocycles. The summed E-state index contributed by atoms with van der Waals surface area (Å²) >= 11 is 1.74. The summed E-state index contributed by atoms with van der Waals surface area (Å²) < 4.78 is 4.99. The zero-order valence-corrected chi connectivity index (χ0v) is 14.9. The minimum absolute atomic E-state index is 0.322. The Morgan fingerprint density at radius 2 is 1.96 bits per heavy atom. The van der Waals surface area contributed by atoms with E-state index in [1.54, 1.807) is 30.5 Å². The van der Waals surface area contributed by atoms with E-state index in [4.69, 9.17) is 4.74 Å². The highest BCUT2D eigenvalue weighted by Gasteiger charge is 2.18. The van der Waals surface area contributed by atoms with Crippen molar-refractivity contribution < 1.29 is 9.53 Å². The number of aromatic nitrogens is 2. The van der Waals surface area contributed by atoms with Gasteiger partial charge in [-0.05, 0) is 32.4 Å². The summed E-state index contributed by atoms with van der Waals surface area (Å²) in [6.07, 6.45) is 4.58. The third kappa shape index (κ3) is 3.84. The molecule has 7 heteroatoms. The molecule has 1 saturated heterocycles. The number of nitrogens with zero attached hydrogens (tertiary/aromatic N) is 4. The van der Waals surface area contributed by atoms with Gasteiger partial charge < -0.3 is 14.5 Å². The first-order chi connectivity index (χ1) is 11.7. The third-order valence-corrected chi connectivity index (χ3v) is 4.93. The van der Waals surface area contributed by atoms with Crippen LogP contribution in [-0.4, -0.2) is 48.7 Å². The highest BCUT2D eigenvalue weighted by atomic mass is 32.1. The minimum Gasteiger partial charge on any atom is -0.462 e. The zero-order chi connectivity index (χ0) is 16.9. The van der Waals surface area contributed by atoms with Gasteiger partial charge in [-0.1, -0.05) is 0 Å². The number of aryl methyl sites for hydroxylation is 1. The molecule has 0 N–H and O–H groups in total. The molecule has 0 amide bonds. The fourth-order valence-corrected chi connectivity index (χ4v) is 3.55. The Bertz CT molecular complexity index is 686. The maximum Gasteiger partial charge on any atom is 0.339 e. The lowest BCUT2D eigenvalue weighted by Crippen LogP contribution is -2.31. The molecule has 0 unspecified atom stereocenters. The molecule has 1 aliphatic heterocycles. The van der Waals surface area contributed by atoms with Crippen molar-refractivity contribution in [1.82, 2.24) is 9.97 Å². The fourth-order valence-electron chi connectivity index (χ4n) is 2.74. The van der Waals surface area contributed by atoms with Gasteiger partial charge in [-0.25, -0.2) is 14.8 Å². The van der Waals surface area contributed by atoms with E-state index < -0.39 is 0 Å². The quantitative estimate of drug-likeness (QED) is 0.794. The van der Waals surface area contributed by atoms with Gasteiger partial charge in [0.1, 0.15) is 5.82 Å². The van der Waals surface area contributed by atoms with E-state index in [0.717, 1.165) is 43.5 Å². The predicted octanol–water partition coefficient (Wildman–Crippen LogP) is 2.74. The summed E-state index contributed by atoms with van der Waals surface area (Å²) in [5, 5.41) is 1.10. The van der Waals surface area contributed by atoms with Gasteiger partial charge >= 0.3 is 5.97 Å². The second-order valence-corrected chi connectivity index (χ2v) is 6.92. The molecule has 24 heavy (non-hydrogen) atoms. The summed E-state index contributed by atoms with van der Waals surface area (Å²) in [6.45, 7) is 8.03. The van der Waals surface area contributed by atoms with Crippen LogP contribution in [0.2, 0.25) is 0 Å². The first-order valence-electron chi connectivity index (χ1n) is 8.23. The lowest BCUT2D eigenvalue weighted by Gasteiger charge is -2.22. The number of hydrogen-bond acceptors (Lipinski definition) is 7. The lowest BCUT2D eigenvalue weighted by atomic mass is 10.2. The number of pyridine rings is 1. The molecule has 128 valence electrons. The van der Waals surface area contributed by atoms with Crippen LogP contribution in [0, 0.1) is 6.92 Å². The van der Waals surface area contributed by atoms with Crippen LogP contribution in [0.15, 0.2) is 24.5 Å². The monoisotopic (exact) mass is 346 g/mol. The minimum atomic E-state index is -0.322. The normalized spacial score (nSPS) is 15.2. The average molecular weight is 346 g/mol. The molecule has 2 aromatic rings. The van der Waals surface area contributed by atoms with Gasteiger partial charge in [0.05, 0.1) is 12.2 Å². The number of carbonyl (C=O) groups excluding carboxylic acids is 1. The van der Waals surface area contributed by atoms with Gasteiger partial charge in [0.2, 0.25) is 0 Å². The second-order valence-electron chi connectivity index (χ2n) is 5.71. The van der Waals surface area contributed by atoms with Gasteiger partial charge in [-0.2, -0.15) is 0 Å². The van der Waals surface area contributed by atoms with Crippen LogP contribution < -0.4 is 9.80 Å². The smallest absolute Gasteiger partial charge is 0.339 e. The van der Waals surface area contributed by atoms with Crippen LogP contribution in [0.1, 0.15) is 28.6 Å². The second kappa shape index (κ2) is 7.61. The Labute approximate surface area is 146 Å². The molecule has 1 aliphatic rings. The molecule has 0 saturated carbocycles. The van der Waals surface area contributed by atoms with E-state index in [2.05, 4.69) is 26.7 Å². The number of esters is 1. The van der Waals surface area contributed by atoms with Crippen LogP contribution in [0.4, 0.5) is 10.9 Å². The largest absolute Gasteiger partial charge is 0.462 e. The van der Waals surface area contributed by atoms with Crippen molar-refractivity contribution in [3.63, 3.8) is 0 Å². The summed E-state index contributed by atoms with van der Waals surface area (Å²) in [4.78, 5) is 26.5. The van der Waals surface area contributed by atoms with Crippen molar-refractivity contribution in [2.24, 2.45) is 0 Å². The van der Waals surface area contributed by atoms with Crippen molar-refractivity contribution in [2.75, 3.05) is 42.6 Å². The topological polar surface area (TPSA) is 58.6 Å². The maximum atomic E-state index is 11.7. The number of thiazole rings is 1. The number of carbonyl (C=O) groups is 1. The van der Waals surface area contributed by atoms with Crippen molar-refractivity contribution in [1.29, 1.82) is 0 Å². The summed E-state index contributed by atoms with van der Waals surface area (Å²) in [5.41, 5.74) is 0.496. The van der Waals surface area contributed by atoms with E-state index in [1.165, 1.54) is 4.88 Å². The number of hydrogen-bond donors (Lipinski definition) is 0. The van der Waals surface area contributed by atoms with Crippen molar-refractivity contribution >= 4 is 28.3 Å². The highest BCUT2D eigenvalue weighted by molar-refractivity contribution is 7.15. The molecule has 0 atom stereocenters. The van der Waals surface area contributed by atoms with E-state index in [-0.39, 0.29) is 5.97 Å². The van der Waals surface area contributed by atoms with E-state index in [0.29, 0.717) is 12.2 Å². The molecule has 0 aromatic carbocycles. The molecule has 6 nitrogen and oxygen atoms in total. The first kappa shape index (κ1) is 16.7. The fraction of sp³-hybridized carbons (Fsp3) is 0.471. The maximum absolute atomic E-state index is 11.7. The van der Waals surface area contributed by atoms with E-state index in [1.807, 2.05) is 12.3 Å². The van der Waals surface area contributed by atoms with Crippen molar-refractivity contribution in [2.45, 2.75) is 20.3 Å². The van der Waals surface area contributed by atoms with Gasteiger partial charge in [0.15, 0.2) is 5.13 Å². The van der Waals surface area contributed by atoms with Gasteiger partial charge in [0, 0.05) is 43.4 Å². The van der Waals surface area contributed by atoms with Crippen LogP contribution >= 0.6 is 11.3 Å². The van der Waals surface area contributed by atoms with Crippen LogP contribution in [0.25, 0.3) is 0 Å². The highest BCUT2D eigenvalue weighted by Crippen LogP contribution is 2.23. The van der Waals surface area contributed by atoms with Crippen LogP contribution in [0.5, 0.6) is 0 Å². The number of ether oxygens (including phenoxy) is 1. The number of rotatable bonds is 4. The van der Waals surface area contributed by atoms with Gasteiger partial charge in [-0.3, -0.25) is 0 Å². The first-order valence-corrected chi connectivity index (χ1v) is 9.04. The Balaban J connectivity index is 1.64. The number of anilines is 2. The summed E-state index contributed by atoms with van der Waals surface area (Å²) in [7, 11) is 0. The third-order valence-electron chi connectivity index (χ3n) is 3.96. The van der Waals surface area contributed by atoms with Crippen LogP contribution in [0.3, 0.4) is 0 Å². The van der Waals surface area contributed by atoms with E-state index in [9.17, 15) is 4.79 Å². The zero-order valence-electron chi connectivity index (χ0n) is 14.1. The van der Waals surface area contributed by atoms with Crippen molar-refractivity contribution in [3.8, 4) is 0 Å². The molecule has 0 bridgehead atoms. The summed E-state index contributed by atoms with van der Waals surface area (Å²) in [5.74, 6) is 0.581. The molecule has 1 fully saturated rings. The lowest BCUT2D eigenvalue weighted by molar-refractivity contribution is 0.0526. The Kier molecular flexibility index (Phi) is 5.30. The van der Waals surface area contributed by atoms with E-state index >= 15 is 0 Å². The molecule has 0 spiro atoms. The van der Waals surface area contributed by atoms with Crippen LogP contribution in [-0.2, 0) is 4.74 Å². The molecule has 3 rings (SSSR count). The van der Waals surface area contributed by atoms with Gasteiger partial charge in [0.25, 0.3) is 0 Å². The Morgan fingerprint density at radius 1 is 1.17 bits per heavy atom. The molecule has 2 aromatic heterocycles. The van der Waals surface area contributed by atoms with Crippen molar-refractivity contribution in [3.05, 3.63) is 35.0 Å². The Hall–Kier alpha value is -2.15. The Morgan fingerprint density at radius 3 is 2.62 bits per heavy atom. The molecular formula is C17H22N4O2S. The SMILES string of the molecule is CCOC(=O)c1ccc(N2CCCN(c3ncc(C)s3)CC2)nc1. The standard InChI is InChI=1S/C17H22N4O2S/c1-3-23-16(22)14-5-6-15(18-12-14)20-7-4-8-21(10-9-20)17-19-11-13(2)24-17/h5-6,11-12H,3-4,7-10H2,1-2H3. The average Bonchev–Trinajstić information content (AvgIpc) is 2.88. The molecule has 3 heterocycles. The molecule has 0 radical (unpaired) electrons. The predicted molar refractivity (Wildman–Crippen MR) is 96.1 cm³/mol. The molecular weight excluding hydrogens is 324 g/mol. The summed E-state index contributed by atoms with van der Waals surface area (Å²) in [6, 6.07) is 3.68.